The van der Waals surface area contributed by atoms with Gasteiger partial charge in [-0.15, -0.1) is 0 Å². The number of carbonyl (C=O) groups excluding carboxylic acids is 1. The van der Waals surface area contributed by atoms with E-state index >= 15 is 0 Å². The van der Waals surface area contributed by atoms with Crippen LogP contribution >= 0.6 is 0 Å². The molecule has 2 rings (SSSR count). The lowest BCUT2D eigenvalue weighted by molar-refractivity contribution is -0.359. The number of hydrogen-bond donors (Lipinski definition) is 9. The molecule has 2 heterocycles. The first-order valence-electron chi connectivity index (χ1n) is 26.3. The molecular formula is C50H97NO13. The smallest absolute Gasteiger partial charge is 0.220 e. The fourth-order valence-electron chi connectivity index (χ4n) is 9.00. The minimum absolute atomic E-state index is 0.203. The molecule has 2 saturated heterocycles. The van der Waals surface area contributed by atoms with Gasteiger partial charge in [-0.25, -0.2) is 0 Å². The van der Waals surface area contributed by atoms with Gasteiger partial charge in [-0.1, -0.05) is 200 Å². The Morgan fingerprint density at radius 1 is 0.500 bits per heavy atom. The van der Waals surface area contributed by atoms with Crippen molar-refractivity contribution < 1.29 is 64.6 Å². The van der Waals surface area contributed by atoms with Crippen LogP contribution in [0.2, 0.25) is 0 Å². The van der Waals surface area contributed by atoms with Crippen molar-refractivity contribution in [3.63, 3.8) is 0 Å². The monoisotopic (exact) mass is 920 g/mol. The second-order valence-corrected chi connectivity index (χ2v) is 19.0. The van der Waals surface area contributed by atoms with Crippen LogP contribution in [-0.4, -0.2) is 140 Å². The lowest BCUT2D eigenvalue weighted by atomic mass is 9.97. The summed E-state index contributed by atoms with van der Waals surface area (Å²) in [5.74, 6) is -0.203. The first kappa shape index (κ1) is 59.1. The van der Waals surface area contributed by atoms with Crippen LogP contribution in [0.25, 0.3) is 0 Å². The number of nitrogens with one attached hydrogen (secondary N) is 1. The van der Waals surface area contributed by atoms with Crippen LogP contribution in [0, 0.1) is 0 Å². The number of ether oxygens (including phenoxy) is 4. The second kappa shape index (κ2) is 37.9. The van der Waals surface area contributed by atoms with Gasteiger partial charge in [-0.3, -0.25) is 4.79 Å². The quantitative estimate of drug-likeness (QED) is 0.0282. The average molecular weight is 920 g/mol. The number of aliphatic hydroxyl groups excluding tert-OH is 8. The van der Waals surface area contributed by atoms with Crippen LogP contribution in [0.4, 0.5) is 0 Å². The van der Waals surface area contributed by atoms with Gasteiger partial charge in [0, 0.05) is 6.42 Å². The largest absolute Gasteiger partial charge is 0.394 e. The molecule has 0 aromatic rings. The van der Waals surface area contributed by atoms with E-state index in [2.05, 4.69) is 19.2 Å². The molecule has 0 aromatic carbocycles. The third-order valence-corrected chi connectivity index (χ3v) is 13.3. The van der Waals surface area contributed by atoms with Crippen molar-refractivity contribution in [2.45, 2.75) is 293 Å². The summed E-state index contributed by atoms with van der Waals surface area (Å²) < 4.78 is 22.8. The zero-order valence-corrected chi connectivity index (χ0v) is 40.3. The number of carbonyl (C=O) groups is 1. The van der Waals surface area contributed by atoms with Gasteiger partial charge in [0.2, 0.25) is 5.91 Å². The Morgan fingerprint density at radius 3 is 1.33 bits per heavy atom. The lowest BCUT2D eigenvalue weighted by Gasteiger charge is -2.46. The Hall–Kier alpha value is -1.01. The highest BCUT2D eigenvalue weighted by molar-refractivity contribution is 5.76. The van der Waals surface area contributed by atoms with Crippen LogP contribution in [-0.2, 0) is 23.7 Å². The standard InChI is InChI=1S/C50H97NO13/c1-3-5-7-9-11-13-15-17-19-20-22-24-26-28-30-32-34-42(55)51-38(39(54)33-31-29-27-25-23-21-18-16-14-12-10-8-6-4-2)37-61-49-47(60)45(58)48(41(36-53)63-49)64-50-46(59)44(57)43(56)40(35-52)62-50/h38-41,43-50,52-54,56-60H,3-37H2,1-2H3,(H,51,55)/t38-,39+,40+,41+,43-,44?,45?,46?,47?,48+,49+,50-/m0/s1. The average Bonchev–Trinajstić information content (AvgIpc) is 3.29. The highest BCUT2D eigenvalue weighted by Gasteiger charge is 2.51. The molecule has 2 aliphatic rings. The molecule has 0 aliphatic carbocycles. The number of unbranched alkanes of at least 4 members (excludes halogenated alkanes) is 28. The predicted octanol–water partition coefficient (Wildman–Crippen LogP) is 7.00. The summed E-state index contributed by atoms with van der Waals surface area (Å²) in [4.78, 5) is 13.2. The van der Waals surface area contributed by atoms with Crippen molar-refractivity contribution >= 4 is 5.91 Å². The summed E-state index contributed by atoms with van der Waals surface area (Å²) in [6.07, 6.45) is 21.0. The van der Waals surface area contributed by atoms with E-state index in [1.807, 2.05) is 0 Å². The van der Waals surface area contributed by atoms with E-state index in [1.54, 1.807) is 0 Å². The fraction of sp³-hybridized carbons (Fsp3) is 0.980. The predicted molar refractivity (Wildman–Crippen MR) is 249 cm³/mol. The Kier molecular flexibility index (Phi) is 35.0. The normalized spacial score (nSPS) is 27.2. The van der Waals surface area contributed by atoms with Crippen LogP contribution < -0.4 is 5.32 Å². The van der Waals surface area contributed by atoms with Crippen LogP contribution in [0.1, 0.15) is 219 Å². The van der Waals surface area contributed by atoms with E-state index in [1.165, 1.54) is 141 Å². The molecule has 380 valence electrons. The number of hydrogen-bond acceptors (Lipinski definition) is 13. The topological polar surface area (TPSA) is 228 Å². The maximum absolute atomic E-state index is 13.2. The van der Waals surface area contributed by atoms with E-state index in [0.717, 1.165) is 51.4 Å². The van der Waals surface area contributed by atoms with Crippen LogP contribution in [0.5, 0.6) is 0 Å². The molecule has 9 N–H and O–H groups in total. The van der Waals surface area contributed by atoms with Gasteiger partial charge in [0.05, 0.1) is 32.0 Å². The molecular weight excluding hydrogens is 823 g/mol. The minimum Gasteiger partial charge on any atom is -0.394 e. The summed E-state index contributed by atoms with van der Waals surface area (Å²) in [6, 6.07) is -0.820. The molecule has 14 heteroatoms. The molecule has 64 heavy (non-hydrogen) atoms. The van der Waals surface area contributed by atoms with Gasteiger partial charge in [-0.2, -0.15) is 0 Å². The van der Waals surface area contributed by atoms with E-state index in [0.29, 0.717) is 12.8 Å². The van der Waals surface area contributed by atoms with Crippen molar-refractivity contribution in [1.82, 2.24) is 5.32 Å². The molecule has 12 atom stereocenters. The van der Waals surface area contributed by atoms with E-state index < -0.39 is 86.8 Å². The molecule has 2 aliphatic heterocycles. The molecule has 1 amide bonds. The first-order valence-corrected chi connectivity index (χ1v) is 26.3. The Labute approximate surface area is 387 Å². The second-order valence-electron chi connectivity index (χ2n) is 19.0. The summed E-state index contributed by atoms with van der Waals surface area (Å²) in [7, 11) is 0. The van der Waals surface area contributed by atoms with E-state index in [9.17, 15) is 45.6 Å². The highest BCUT2D eigenvalue weighted by atomic mass is 16.7. The Balaban J connectivity index is 1.82. The summed E-state index contributed by atoms with van der Waals surface area (Å²) >= 11 is 0. The highest BCUT2D eigenvalue weighted by Crippen LogP contribution is 2.30. The number of amides is 1. The fourth-order valence-corrected chi connectivity index (χ4v) is 9.00. The summed E-state index contributed by atoms with van der Waals surface area (Å²) in [5, 5.41) is 86.9. The van der Waals surface area contributed by atoms with Crippen molar-refractivity contribution in [2.75, 3.05) is 19.8 Å². The maximum Gasteiger partial charge on any atom is 0.220 e. The molecule has 2 fully saturated rings. The van der Waals surface area contributed by atoms with Crippen LogP contribution in [0.3, 0.4) is 0 Å². The molecule has 0 bridgehead atoms. The third kappa shape index (κ3) is 24.8. The Bertz CT molecular complexity index is 1090. The molecule has 14 nitrogen and oxygen atoms in total. The van der Waals surface area contributed by atoms with Crippen molar-refractivity contribution in [3.8, 4) is 0 Å². The van der Waals surface area contributed by atoms with Gasteiger partial charge < -0.3 is 65.1 Å². The molecule has 0 spiro atoms. The van der Waals surface area contributed by atoms with Gasteiger partial charge in [-0.05, 0) is 12.8 Å². The molecule has 0 radical (unpaired) electrons. The minimum atomic E-state index is -1.78. The maximum atomic E-state index is 13.2. The zero-order valence-electron chi connectivity index (χ0n) is 40.3. The number of rotatable bonds is 41. The van der Waals surface area contributed by atoms with E-state index in [-0.39, 0.29) is 12.5 Å². The SMILES string of the molecule is CCCCCCCCCCCCCCCCCCC(=O)N[C@@H](CO[C@@H]1O[C@H](CO)[C@@H](O[C@@H]2O[C@H](CO)[C@H](O)C(O)C2O)C(O)C1O)[C@H](O)CCCCCCCCCCCCCCCC. The van der Waals surface area contributed by atoms with Gasteiger partial charge in [0.15, 0.2) is 12.6 Å². The summed E-state index contributed by atoms with van der Waals surface area (Å²) in [6.45, 7) is 2.87. The molecule has 0 saturated carbocycles. The third-order valence-electron chi connectivity index (χ3n) is 13.3. The van der Waals surface area contributed by atoms with Gasteiger partial charge in [0.25, 0.3) is 0 Å². The van der Waals surface area contributed by atoms with Crippen molar-refractivity contribution in [3.05, 3.63) is 0 Å². The van der Waals surface area contributed by atoms with Crippen molar-refractivity contribution in [1.29, 1.82) is 0 Å². The van der Waals surface area contributed by atoms with Gasteiger partial charge in [0.1, 0.15) is 48.8 Å². The summed E-state index contributed by atoms with van der Waals surface area (Å²) in [5.41, 5.74) is 0. The lowest BCUT2D eigenvalue weighted by Crippen LogP contribution is -2.65. The van der Waals surface area contributed by atoms with Crippen LogP contribution in [0.15, 0.2) is 0 Å². The first-order chi connectivity index (χ1) is 31.1. The zero-order chi connectivity index (χ0) is 46.8. The van der Waals surface area contributed by atoms with Crippen molar-refractivity contribution in [2.24, 2.45) is 0 Å². The van der Waals surface area contributed by atoms with E-state index in [4.69, 9.17) is 18.9 Å². The van der Waals surface area contributed by atoms with Gasteiger partial charge >= 0.3 is 0 Å². The molecule has 0 aromatic heterocycles. The Morgan fingerprint density at radius 2 is 0.891 bits per heavy atom. The number of aliphatic hydroxyl groups is 8. The molecule has 4 unspecified atom stereocenters.